The Hall–Kier alpha value is -1.11. The molecule has 0 heterocycles. The molecule has 1 unspecified atom stereocenters. The van der Waals surface area contributed by atoms with Gasteiger partial charge in [-0.2, -0.15) is 0 Å². The number of rotatable bonds is 4. The van der Waals surface area contributed by atoms with Crippen LogP contribution < -0.4 is 0 Å². The van der Waals surface area contributed by atoms with Crippen LogP contribution in [0, 0.1) is 5.92 Å². The van der Waals surface area contributed by atoms with Crippen LogP contribution in [0.4, 0.5) is 0 Å². The Labute approximate surface area is 85.1 Å². The van der Waals surface area contributed by atoms with Crippen molar-refractivity contribution < 1.29 is 4.79 Å². The lowest BCUT2D eigenvalue weighted by Gasteiger charge is -2.10. The fourth-order valence-electron chi connectivity index (χ4n) is 1.77. The number of benzene rings is 1. The molecule has 0 bridgehead atoms. The minimum absolute atomic E-state index is 0.379. The molecular formula is C13H16O. The summed E-state index contributed by atoms with van der Waals surface area (Å²) in [7, 11) is 0. The average molecular weight is 188 g/mol. The number of hydrogen-bond donors (Lipinski definition) is 0. The smallest absolute Gasteiger partial charge is 0.136 e. The maximum Gasteiger partial charge on any atom is 0.136 e. The van der Waals surface area contributed by atoms with E-state index in [2.05, 4.69) is 19.1 Å². The molecule has 14 heavy (non-hydrogen) atoms. The standard InChI is InChI=1S/C13H16O/c1-10(9-13(14)12-7-8-12)11-5-3-2-4-6-11/h2-6,10,12H,7-9H2,1H3. The zero-order valence-electron chi connectivity index (χ0n) is 8.57. The van der Waals surface area contributed by atoms with Crippen molar-refractivity contribution in [2.75, 3.05) is 0 Å². The molecule has 74 valence electrons. The molecule has 1 aliphatic carbocycles. The van der Waals surface area contributed by atoms with Crippen molar-refractivity contribution in [3.63, 3.8) is 0 Å². The van der Waals surface area contributed by atoms with Crippen LogP contribution in [-0.4, -0.2) is 5.78 Å². The van der Waals surface area contributed by atoms with E-state index in [0.717, 1.165) is 12.8 Å². The van der Waals surface area contributed by atoms with Crippen LogP contribution in [0.2, 0.25) is 0 Å². The van der Waals surface area contributed by atoms with E-state index in [1.807, 2.05) is 18.2 Å². The summed E-state index contributed by atoms with van der Waals surface area (Å²) < 4.78 is 0. The lowest BCUT2D eigenvalue weighted by atomic mass is 9.94. The number of ketones is 1. The van der Waals surface area contributed by atoms with Crippen LogP contribution in [0.3, 0.4) is 0 Å². The van der Waals surface area contributed by atoms with Crippen molar-refractivity contribution in [2.45, 2.75) is 32.1 Å². The van der Waals surface area contributed by atoms with E-state index in [1.54, 1.807) is 0 Å². The summed E-state index contributed by atoms with van der Waals surface area (Å²) in [6.45, 7) is 2.13. The van der Waals surface area contributed by atoms with E-state index >= 15 is 0 Å². The van der Waals surface area contributed by atoms with Gasteiger partial charge in [-0.3, -0.25) is 4.79 Å². The summed E-state index contributed by atoms with van der Waals surface area (Å²) in [6.07, 6.45) is 2.97. The SMILES string of the molecule is CC(CC(=O)C1CC1)c1ccccc1. The van der Waals surface area contributed by atoms with Gasteiger partial charge in [0, 0.05) is 12.3 Å². The van der Waals surface area contributed by atoms with E-state index in [0.29, 0.717) is 24.0 Å². The number of Topliss-reactive ketones (excluding diaryl/α,β-unsaturated/α-hetero) is 1. The molecule has 1 atom stereocenters. The first-order valence-electron chi connectivity index (χ1n) is 5.35. The van der Waals surface area contributed by atoms with Crippen molar-refractivity contribution in [2.24, 2.45) is 5.92 Å². The fraction of sp³-hybridized carbons (Fsp3) is 0.462. The van der Waals surface area contributed by atoms with E-state index < -0.39 is 0 Å². The number of carbonyl (C=O) groups excluding carboxylic acids is 1. The first kappa shape index (κ1) is 9.45. The second-order valence-corrected chi connectivity index (χ2v) is 4.26. The van der Waals surface area contributed by atoms with Crippen molar-refractivity contribution >= 4 is 5.78 Å². The summed E-state index contributed by atoms with van der Waals surface area (Å²) >= 11 is 0. The lowest BCUT2D eigenvalue weighted by Crippen LogP contribution is -2.05. The highest BCUT2D eigenvalue weighted by atomic mass is 16.1. The van der Waals surface area contributed by atoms with E-state index in [1.165, 1.54) is 5.56 Å². The fourth-order valence-corrected chi connectivity index (χ4v) is 1.77. The average Bonchev–Trinajstić information content (AvgIpc) is 3.02. The van der Waals surface area contributed by atoms with Crippen molar-refractivity contribution in [1.29, 1.82) is 0 Å². The van der Waals surface area contributed by atoms with Crippen LogP contribution in [0.25, 0.3) is 0 Å². The Morgan fingerprint density at radius 3 is 2.57 bits per heavy atom. The molecule has 1 aliphatic rings. The van der Waals surface area contributed by atoms with Gasteiger partial charge in [-0.05, 0) is 24.3 Å². The first-order chi connectivity index (χ1) is 6.77. The minimum atomic E-state index is 0.379. The zero-order valence-corrected chi connectivity index (χ0v) is 8.57. The van der Waals surface area contributed by atoms with Gasteiger partial charge < -0.3 is 0 Å². The Morgan fingerprint density at radius 1 is 1.36 bits per heavy atom. The normalized spacial score (nSPS) is 17.8. The van der Waals surface area contributed by atoms with Gasteiger partial charge >= 0.3 is 0 Å². The molecule has 1 aromatic rings. The third kappa shape index (κ3) is 2.22. The second kappa shape index (κ2) is 3.95. The topological polar surface area (TPSA) is 17.1 Å². The summed E-state index contributed by atoms with van der Waals surface area (Å²) in [5.41, 5.74) is 1.28. The maximum absolute atomic E-state index is 11.6. The third-order valence-electron chi connectivity index (χ3n) is 2.91. The molecule has 1 fully saturated rings. The molecule has 0 spiro atoms. The molecule has 0 N–H and O–H groups in total. The van der Waals surface area contributed by atoms with Crippen molar-refractivity contribution in [3.8, 4) is 0 Å². The van der Waals surface area contributed by atoms with Gasteiger partial charge in [0.2, 0.25) is 0 Å². The summed E-state index contributed by atoms with van der Waals surface area (Å²) in [4.78, 5) is 11.6. The molecular weight excluding hydrogens is 172 g/mol. The van der Waals surface area contributed by atoms with Crippen molar-refractivity contribution in [3.05, 3.63) is 35.9 Å². The van der Waals surface area contributed by atoms with Gasteiger partial charge in [0.15, 0.2) is 0 Å². The van der Waals surface area contributed by atoms with E-state index in [4.69, 9.17) is 0 Å². The minimum Gasteiger partial charge on any atom is -0.299 e. The third-order valence-corrected chi connectivity index (χ3v) is 2.91. The van der Waals surface area contributed by atoms with Gasteiger partial charge in [-0.15, -0.1) is 0 Å². The second-order valence-electron chi connectivity index (χ2n) is 4.26. The van der Waals surface area contributed by atoms with Crippen LogP contribution in [0.15, 0.2) is 30.3 Å². The highest BCUT2D eigenvalue weighted by molar-refractivity contribution is 5.83. The van der Waals surface area contributed by atoms with Crippen LogP contribution in [0.5, 0.6) is 0 Å². The van der Waals surface area contributed by atoms with Crippen molar-refractivity contribution in [1.82, 2.24) is 0 Å². The molecule has 2 rings (SSSR count). The van der Waals surface area contributed by atoms with E-state index in [9.17, 15) is 4.79 Å². The Bertz CT molecular complexity index is 311. The Morgan fingerprint density at radius 2 is 2.00 bits per heavy atom. The first-order valence-corrected chi connectivity index (χ1v) is 5.35. The molecule has 1 saturated carbocycles. The largest absolute Gasteiger partial charge is 0.299 e. The molecule has 0 saturated heterocycles. The zero-order chi connectivity index (χ0) is 9.97. The predicted octanol–water partition coefficient (Wildman–Crippen LogP) is 3.16. The van der Waals surface area contributed by atoms with Gasteiger partial charge in [0.1, 0.15) is 5.78 Å². The van der Waals surface area contributed by atoms with Crippen LogP contribution in [-0.2, 0) is 4.79 Å². The molecule has 0 aromatic heterocycles. The van der Waals surface area contributed by atoms with Gasteiger partial charge in [0.25, 0.3) is 0 Å². The molecule has 0 radical (unpaired) electrons. The monoisotopic (exact) mass is 188 g/mol. The predicted molar refractivity (Wildman–Crippen MR) is 57.2 cm³/mol. The quantitative estimate of drug-likeness (QED) is 0.709. The molecule has 1 heteroatoms. The molecule has 0 amide bonds. The maximum atomic E-state index is 11.6. The lowest BCUT2D eigenvalue weighted by molar-refractivity contribution is -0.120. The molecule has 1 nitrogen and oxygen atoms in total. The highest BCUT2D eigenvalue weighted by Crippen LogP contribution is 2.33. The molecule has 0 aliphatic heterocycles. The number of hydrogen-bond acceptors (Lipinski definition) is 1. The van der Waals surface area contributed by atoms with Gasteiger partial charge in [-0.1, -0.05) is 37.3 Å². The number of carbonyl (C=O) groups is 1. The Kier molecular flexibility index (Phi) is 2.67. The summed E-state index contributed by atoms with van der Waals surface area (Å²) in [6, 6.07) is 10.3. The van der Waals surface area contributed by atoms with Crippen LogP contribution >= 0.6 is 0 Å². The molecule has 1 aromatic carbocycles. The van der Waals surface area contributed by atoms with E-state index in [-0.39, 0.29) is 0 Å². The highest BCUT2D eigenvalue weighted by Gasteiger charge is 2.30. The van der Waals surface area contributed by atoms with Gasteiger partial charge in [-0.25, -0.2) is 0 Å². The van der Waals surface area contributed by atoms with Gasteiger partial charge in [0.05, 0.1) is 0 Å². The Balaban J connectivity index is 1.95. The van der Waals surface area contributed by atoms with Crippen LogP contribution in [0.1, 0.15) is 37.7 Å². The summed E-state index contributed by atoms with van der Waals surface area (Å²) in [5, 5.41) is 0. The summed E-state index contributed by atoms with van der Waals surface area (Å²) in [5.74, 6) is 1.24.